The number of rotatable bonds is 2. The van der Waals surface area contributed by atoms with Crippen LogP contribution >= 0.6 is 0 Å². The van der Waals surface area contributed by atoms with E-state index in [2.05, 4.69) is 4.74 Å². The van der Waals surface area contributed by atoms with Crippen molar-refractivity contribution < 1.29 is 22.3 Å². The first-order valence-corrected chi connectivity index (χ1v) is 7.68. The molecule has 2 rings (SSSR count). The molecule has 0 radical (unpaired) electrons. The van der Waals surface area contributed by atoms with Crippen molar-refractivity contribution >= 4 is 21.8 Å². The Morgan fingerprint density at radius 3 is 2.43 bits per heavy atom. The fourth-order valence-electron chi connectivity index (χ4n) is 2.07. The van der Waals surface area contributed by atoms with E-state index in [-0.39, 0.29) is 36.8 Å². The van der Waals surface area contributed by atoms with Crippen molar-refractivity contribution in [2.75, 3.05) is 39.0 Å². The van der Waals surface area contributed by atoms with Gasteiger partial charge in [-0.25, -0.2) is 17.6 Å². The van der Waals surface area contributed by atoms with Gasteiger partial charge in [0.25, 0.3) is 0 Å². The lowest BCUT2D eigenvalue weighted by molar-refractivity contribution is 0.108. The van der Waals surface area contributed by atoms with Gasteiger partial charge >= 0.3 is 6.09 Å². The number of piperazine rings is 1. The topological polar surface area (TPSA) is 92.9 Å². The molecular weight excluding hydrogens is 301 g/mol. The summed E-state index contributed by atoms with van der Waals surface area (Å²) >= 11 is 0. The van der Waals surface area contributed by atoms with Crippen LogP contribution in [0.25, 0.3) is 0 Å². The first-order valence-electron chi connectivity index (χ1n) is 6.24. The van der Waals surface area contributed by atoms with Gasteiger partial charge in [-0.05, 0) is 18.2 Å². The number of ether oxygens (including phenoxy) is 1. The number of anilines is 1. The van der Waals surface area contributed by atoms with Gasteiger partial charge in [0.1, 0.15) is 5.82 Å². The standard InChI is InChI=1S/C12H16FN3O4S/c1-20-12(17)15-4-6-16(7-5-15)21(18,19)9-2-3-10(13)11(14)8-9/h2-3,8H,4-7,14H2,1H3. The van der Waals surface area contributed by atoms with E-state index in [9.17, 15) is 17.6 Å². The molecule has 0 bridgehead atoms. The predicted molar refractivity (Wildman–Crippen MR) is 73.5 cm³/mol. The lowest BCUT2D eigenvalue weighted by Gasteiger charge is -2.33. The van der Waals surface area contributed by atoms with Gasteiger partial charge in [-0.2, -0.15) is 4.31 Å². The first kappa shape index (κ1) is 15.5. The highest BCUT2D eigenvalue weighted by Crippen LogP contribution is 2.21. The Kier molecular flexibility index (Phi) is 4.33. The maximum atomic E-state index is 13.1. The number of halogens is 1. The molecule has 1 aliphatic heterocycles. The number of hydrogen-bond acceptors (Lipinski definition) is 5. The number of nitrogen functional groups attached to an aromatic ring is 1. The number of hydrogen-bond donors (Lipinski definition) is 1. The zero-order valence-corrected chi connectivity index (χ0v) is 12.3. The molecule has 1 saturated heterocycles. The average molecular weight is 317 g/mol. The zero-order chi connectivity index (χ0) is 15.6. The summed E-state index contributed by atoms with van der Waals surface area (Å²) in [5.41, 5.74) is 5.18. The summed E-state index contributed by atoms with van der Waals surface area (Å²) in [7, 11) is -2.48. The number of carbonyl (C=O) groups excluding carboxylic acids is 1. The number of sulfonamides is 1. The molecule has 1 fully saturated rings. The van der Waals surface area contributed by atoms with Crippen molar-refractivity contribution in [1.82, 2.24) is 9.21 Å². The fraction of sp³-hybridized carbons (Fsp3) is 0.417. The second-order valence-electron chi connectivity index (χ2n) is 4.54. The second kappa shape index (κ2) is 5.86. The van der Waals surface area contributed by atoms with E-state index in [1.165, 1.54) is 22.4 Å². The minimum absolute atomic E-state index is 0.0621. The quantitative estimate of drug-likeness (QED) is 0.801. The van der Waals surface area contributed by atoms with Crippen molar-refractivity contribution in [3.05, 3.63) is 24.0 Å². The molecule has 1 heterocycles. The smallest absolute Gasteiger partial charge is 0.409 e. The van der Waals surface area contributed by atoms with E-state index in [0.29, 0.717) is 0 Å². The van der Waals surface area contributed by atoms with E-state index >= 15 is 0 Å². The number of nitrogens with two attached hydrogens (primary N) is 1. The molecule has 9 heteroatoms. The molecule has 21 heavy (non-hydrogen) atoms. The average Bonchev–Trinajstić information content (AvgIpc) is 2.49. The molecule has 2 N–H and O–H groups in total. The van der Waals surface area contributed by atoms with Crippen LogP contribution in [0.2, 0.25) is 0 Å². The maximum Gasteiger partial charge on any atom is 0.409 e. The summed E-state index contributed by atoms with van der Waals surface area (Å²) in [4.78, 5) is 12.7. The second-order valence-corrected chi connectivity index (χ2v) is 6.48. The molecule has 0 saturated carbocycles. The van der Waals surface area contributed by atoms with Crippen LogP contribution in [0.1, 0.15) is 0 Å². The van der Waals surface area contributed by atoms with E-state index in [1.807, 2.05) is 0 Å². The molecule has 0 spiro atoms. The maximum absolute atomic E-state index is 13.1. The molecule has 1 aromatic carbocycles. The monoisotopic (exact) mass is 317 g/mol. The van der Waals surface area contributed by atoms with Gasteiger partial charge in [0.15, 0.2) is 0 Å². The third-order valence-corrected chi connectivity index (χ3v) is 5.17. The summed E-state index contributed by atoms with van der Waals surface area (Å²) < 4.78 is 43.8. The summed E-state index contributed by atoms with van der Waals surface area (Å²) in [5.74, 6) is -0.663. The lowest BCUT2D eigenvalue weighted by Crippen LogP contribution is -2.50. The van der Waals surface area contributed by atoms with Crippen LogP contribution in [0.15, 0.2) is 23.1 Å². The van der Waals surface area contributed by atoms with Gasteiger partial charge < -0.3 is 15.4 Å². The minimum atomic E-state index is -3.75. The first-order chi connectivity index (χ1) is 9.86. The van der Waals surface area contributed by atoms with E-state index in [1.54, 1.807) is 0 Å². The fourth-order valence-corrected chi connectivity index (χ4v) is 3.53. The molecule has 0 aliphatic carbocycles. The molecule has 1 aromatic rings. The van der Waals surface area contributed by atoms with Crippen LogP contribution in [0.4, 0.5) is 14.9 Å². The Hall–Kier alpha value is -1.87. The number of amides is 1. The van der Waals surface area contributed by atoms with Crippen molar-refractivity contribution in [2.45, 2.75) is 4.90 Å². The van der Waals surface area contributed by atoms with Crippen LogP contribution in [-0.2, 0) is 14.8 Å². The third-order valence-electron chi connectivity index (χ3n) is 3.28. The Bertz CT molecular complexity index is 642. The van der Waals surface area contributed by atoms with Gasteiger partial charge in [-0.15, -0.1) is 0 Å². The Morgan fingerprint density at radius 2 is 1.90 bits per heavy atom. The SMILES string of the molecule is COC(=O)N1CCN(S(=O)(=O)c2ccc(F)c(N)c2)CC1. The van der Waals surface area contributed by atoms with E-state index in [4.69, 9.17) is 5.73 Å². The highest BCUT2D eigenvalue weighted by atomic mass is 32.2. The van der Waals surface area contributed by atoms with E-state index in [0.717, 1.165) is 12.1 Å². The van der Waals surface area contributed by atoms with Crippen molar-refractivity contribution in [2.24, 2.45) is 0 Å². The molecular formula is C12H16FN3O4S. The molecule has 1 aliphatic rings. The molecule has 116 valence electrons. The summed E-state index contributed by atoms with van der Waals surface area (Å²) in [6.45, 7) is 0.772. The molecule has 0 unspecified atom stereocenters. The van der Waals surface area contributed by atoms with Gasteiger partial charge in [-0.3, -0.25) is 0 Å². The summed E-state index contributed by atoms with van der Waals surface area (Å²) in [6.07, 6.45) is -0.488. The molecule has 7 nitrogen and oxygen atoms in total. The van der Waals surface area contributed by atoms with Crippen LogP contribution in [0, 0.1) is 5.82 Å². The number of nitrogens with zero attached hydrogens (tertiary/aromatic N) is 2. The Balaban J connectivity index is 2.14. The van der Waals surface area contributed by atoms with Crippen molar-refractivity contribution in [1.29, 1.82) is 0 Å². The Morgan fingerprint density at radius 1 is 1.29 bits per heavy atom. The highest BCUT2D eigenvalue weighted by Gasteiger charge is 2.30. The van der Waals surface area contributed by atoms with Crippen LogP contribution in [-0.4, -0.2) is 57.0 Å². The van der Waals surface area contributed by atoms with E-state index < -0.39 is 21.9 Å². The molecule has 1 amide bonds. The van der Waals surface area contributed by atoms with Crippen LogP contribution in [0.5, 0.6) is 0 Å². The molecule has 0 aromatic heterocycles. The highest BCUT2D eigenvalue weighted by molar-refractivity contribution is 7.89. The lowest BCUT2D eigenvalue weighted by atomic mass is 10.3. The Labute approximate surface area is 122 Å². The number of methoxy groups -OCH3 is 1. The van der Waals surface area contributed by atoms with Crippen molar-refractivity contribution in [3.63, 3.8) is 0 Å². The number of carbonyl (C=O) groups is 1. The predicted octanol–water partition coefficient (Wildman–Crippen LogP) is 0.481. The van der Waals surface area contributed by atoms with Crippen LogP contribution in [0.3, 0.4) is 0 Å². The minimum Gasteiger partial charge on any atom is -0.453 e. The van der Waals surface area contributed by atoms with Crippen molar-refractivity contribution in [3.8, 4) is 0 Å². The van der Waals surface area contributed by atoms with Gasteiger partial charge in [0.05, 0.1) is 17.7 Å². The summed E-state index contributed by atoms with van der Waals surface area (Å²) in [5, 5.41) is 0. The largest absolute Gasteiger partial charge is 0.453 e. The zero-order valence-electron chi connectivity index (χ0n) is 11.5. The normalized spacial score (nSPS) is 16.8. The van der Waals surface area contributed by atoms with Gasteiger partial charge in [0.2, 0.25) is 10.0 Å². The number of benzene rings is 1. The third kappa shape index (κ3) is 3.08. The van der Waals surface area contributed by atoms with Crippen LogP contribution < -0.4 is 5.73 Å². The summed E-state index contributed by atoms with van der Waals surface area (Å²) in [6, 6.07) is 3.29. The molecule has 0 atom stereocenters. The van der Waals surface area contributed by atoms with Gasteiger partial charge in [-0.1, -0.05) is 0 Å². The van der Waals surface area contributed by atoms with Gasteiger partial charge in [0, 0.05) is 26.2 Å².